The molecule has 1 aromatic carbocycles. The topological polar surface area (TPSA) is 44.5 Å². The molecule has 0 bridgehead atoms. The number of benzene rings is 1. The van der Waals surface area contributed by atoms with Gasteiger partial charge in [-0.1, -0.05) is 35.8 Å². The summed E-state index contributed by atoms with van der Waals surface area (Å²) in [6.07, 6.45) is 0. The minimum Gasteiger partial charge on any atom is -0.497 e. The highest BCUT2D eigenvalue weighted by atomic mass is 79.9. The molecule has 3 nitrogen and oxygen atoms in total. The molecular weight excluding hydrogens is 258 g/mol. The van der Waals surface area contributed by atoms with Crippen LogP contribution >= 0.6 is 15.9 Å². The first kappa shape index (κ1) is 12.5. The van der Waals surface area contributed by atoms with E-state index in [4.69, 9.17) is 15.5 Å². The SMILES string of the molecule is COc1ccc(C(C)(C)CON)c(Br)c1. The zero-order valence-corrected chi connectivity index (χ0v) is 10.8. The van der Waals surface area contributed by atoms with Gasteiger partial charge in [-0.15, -0.1) is 0 Å². The van der Waals surface area contributed by atoms with Gasteiger partial charge in [0.2, 0.25) is 0 Å². The van der Waals surface area contributed by atoms with Gasteiger partial charge in [-0.05, 0) is 17.7 Å². The molecule has 0 spiro atoms. The van der Waals surface area contributed by atoms with E-state index >= 15 is 0 Å². The van der Waals surface area contributed by atoms with E-state index in [0.717, 1.165) is 15.8 Å². The molecule has 0 aliphatic rings. The quantitative estimate of drug-likeness (QED) is 0.858. The van der Waals surface area contributed by atoms with Gasteiger partial charge < -0.3 is 9.57 Å². The average molecular weight is 274 g/mol. The molecule has 0 saturated heterocycles. The first-order chi connectivity index (χ1) is 7.01. The molecule has 0 radical (unpaired) electrons. The number of hydrogen-bond acceptors (Lipinski definition) is 3. The van der Waals surface area contributed by atoms with Crippen molar-refractivity contribution in [3.05, 3.63) is 28.2 Å². The van der Waals surface area contributed by atoms with Crippen molar-refractivity contribution in [3.8, 4) is 5.75 Å². The van der Waals surface area contributed by atoms with Crippen molar-refractivity contribution in [1.29, 1.82) is 0 Å². The van der Waals surface area contributed by atoms with Crippen LogP contribution in [0.3, 0.4) is 0 Å². The van der Waals surface area contributed by atoms with Gasteiger partial charge in [-0.3, -0.25) is 0 Å². The molecule has 0 amide bonds. The highest BCUT2D eigenvalue weighted by Gasteiger charge is 2.23. The molecule has 84 valence electrons. The summed E-state index contributed by atoms with van der Waals surface area (Å²) in [5.74, 6) is 5.95. The number of rotatable bonds is 4. The zero-order valence-electron chi connectivity index (χ0n) is 9.21. The predicted molar refractivity (Wildman–Crippen MR) is 63.9 cm³/mol. The molecule has 0 aliphatic heterocycles. The molecule has 0 heterocycles. The Bertz CT molecular complexity index is 339. The first-order valence-corrected chi connectivity index (χ1v) is 5.46. The lowest BCUT2D eigenvalue weighted by atomic mass is 9.85. The van der Waals surface area contributed by atoms with Crippen LogP contribution < -0.4 is 10.6 Å². The smallest absolute Gasteiger partial charge is 0.120 e. The van der Waals surface area contributed by atoms with E-state index in [-0.39, 0.29) is 5.41 Å². The van der Waals surface area contributed by atoms with Gasteiger partial charge in [-0.25, -0.2) is 5.90 Å². The van der Waals surface area contributed by atoms with Crippen LogP contribution in [0.1, 0.15) is 19.4 Å². The summed E-state index contributed by atoms with van der Waals surface area (Å²) in [6.45, 7) is 4.62. The normalized spacial score (nSPS) is 11.5. The zero-order chi connectivity index (χ0) is 11.5. The second kappa shape index (κ2) is 4.96. The summed E-state index contributed by atoms with van der Waals surface area (Å²) in [7, 11) is 1.65. The van der Waals surface area contributed by atoms with Crippen LogP contribution in [0.5, 0.6) is 5.75 Å². The highest BCUT2D eigenvalue weighted by Crippen LogP contribution is 2.32. The number of methoxy groups -OCH3 is 1. The van der Waals surface area contributed by atoms with Crippen molar-refractivity contribution >= 4 is 15.9 Å². The van der Waals surface area contributed by atoms with E-state index in [1.165, 1.54) is 0 Å². The molecule has 15 heavy (non-hydrogen) atoms. The molecular formula is C11H16BrNO2. The fraction of sp³-hybridized carbons (Fsp3) is 0.455. The molecule has 0 fully saturated rings. The molecule has 4 heteroatoms. The minimum absolute atomic E-state index is 0.125. The standard InChI is InChI=1S/C11H16BrNO2/c1-11(2,7-15-13)9-5-4-8(14-3)6-10(9)12/h4-6H,7,13H2,1-3H3. The maximum atomic E-state index is 5.14. The Kier molecular flexibility index (Phi) is 4.13. The highest BCUT2D eigenvalue weighted by molar-refractivity contribution is 9.10. The van der Waals surface area contributed by atoms with Gasteiger partial charge in [0.05, 0.1) is 13.7 Å². The Morgan fingerprint density at radius 1 is 1.40 bits per heavy atom. The van der Waals surface area contributed by atoms with Gasteiger partial charge in [-0.2, -0.15) is 0 Å². The third kappa shape index (κ3) is 2.93. The molecule has 0 saturated carbocycles. The molecule has 0 atom stereocenters. The third-order valence-electron chi connectivity index (χ3n) is 2.35. The fourth-order valence-electron chi connectivity index (χ4n) is 1.46. The number of hydrogen-bond donors (Lipinski definition) is 1. The van der Waals surface area contributed by atoms with Crippen LogP contribution in [0.4, 0.5) is 0 Å². The summed E-state index contributed by atoms with van der Waals surface area (Å²) in [4.78, 5) is 4.72. The molecule has 0 aliphatic carbocycles. The van der Waals surface area contributed by atoms with Crippen LogP contribution in [0.15, 0.2) is 22.7 Å². The summed E-state index contributed by atoms with van der Waals surface area (Å²) in [6, 6.07) is 5.88. The summed E-state index contributed by atoms with van der Waals surface area (Å²) < 4.78 is 6.14. The number of nitrogens with two attached hydrogens (primary N) is 1. The number of halogens is 1. The summed E-state index contributed by atoms with van der Waals surface area (Å²) in [5, 5.41) is 0. The van der Waals surface area contributed by atoms with Crippen LogP contribution in [-0.2, 0) is 10.3 Å². The van der Waals surface area contributed by atoms with E-state index in [0.29, 0.717) is 6.61 Å². The Morgan fingerprint density at radius 3 is 2.53 bits per heavy atom. The van der Waals surface area contributed by atoms with Gasteiger partial charge >= 0.3 is 0 Å². The van der Waals surface area contributed by atoms with E-state index in [9.17, 15) is 0 Å². The Labute approximate surface area is 98.6 Å². The van der Waals surface area contributed by atoms with Crippen molar-refractivity contribution in [3.63, 3.8) is 0 Å². The number of ether oxygens (including phenoxy) is 1. The fourth-order valence-corrected chi connectivity index (χ4v) is 2.35. The largest absolute Gasteiger partial charge is 0.497 e. The molecule has 0 unspecified atom stereocenters. The van der Waals surface area contributed by atoms with Crippen LogP contribution in [0, 0.1) is 0 Å². The van der Waals surface area contributed by atoms with Crippen LogP contribution in [-0.4, -0.2) is 13.7 Å². The van der Waals surface area contributed by atoms with Gasteiger partial charge in [0.15, 0.2) is 0 Å². The lowest BCUT2D eigenvalue weighted by Gasteiger charge is -2.25. The van der Waals surface area contributed by atoms with E-state index in [1.54, 1.807) is 7.11 Å². The second-order valence-electron chi connectivity index (χ2n) is 4.04. The van der Waals surface area contributed by atoms with E-state index in [2.05, 4.69) is 29.8 Å². The third-order valence-corrected chi connectivity index (χ3v) is 3.01. The van der Waals surface area contributed by atoms with Crippen molar-refractivity contribution in [2.24, 2.45) is 5.90 Å². The van der Waals surface area contributed by atoms with Crippen molar-refractivity contribution in [1.82, 2.24) is 0 Å². The molecule has 0 aromatic heterocycles. The van der Waals surface area contributed by atoms with Gasteiger partial charge in [0, 0.05) is 9.89 Å². The predicted octanol–water partition coefficient (Wildman–Crippen LogP) is 2.63. The van der Waals surface area contributed by atoms with Gasteiger partial charge in [0.1, 0.15) is 5.75 Å². The first-order valence-electron chi connectivity index (χ1n) is 4.67. The van der Waals surface area contributed by atoms with Crippen molar-refractivity contribution in [2.75, 3.05) is 13.7 Å². The van der Waals surface area contributed by atoms with E-state index in [1.807, 2.05) is 18.2 Å². The van der Waals surface area contributed by atoms with Crippen LogP contribution in [0.25, 0.3) is 0 Å². The van der Waals surface area contributed by atoms with E-state index < -0.39 is 0 Å². The van der Waals surface area contributed by atoms with Crippen LogP contribution in [0.2, 0.25) is 0 Å². The maximum absolute atomic E-state index is 5.14. The average Bonchev–Trinajstić information content (AvgIpc) is 2.17. The lowest BCUT2D eigenvalue weighted by Crippen LogP contribution is -2.26. The second-order valence-corrected chi connectivity index (χ2v) is 4.90. The monoisotopic (exact) mass is 273 g/mol. The van der Waals surface area contributed by atoms with Crippen molar-refractivity contribution < 1.29 is 9.57 Å². The Hall–Kier alpha value is -0.580. The van der Waals surface area contributed by atoms with Crippen molar-refractivity contribution in [2.45, 2.75) is 19.3 Å². The molecule has 1 aromatic rings. The Morgan fingerprint density at radius 2 is 2.07 bits per heavy atom. The maximum Gasteiger partial charge on any atom is 0.120 e. The molecule has 1 rings (SSSR count). The summed E-state index contributed by atoms with van der Waals surface area (Å²) >= 11 is 3.52. The van der Waals surface area contributed by atoms with Gasteiger partial charge in [0.25, 0.3) is 0 Å². The summed E-state index contributed by atoms with van der Waals surface area (Å²) in [5.41, 5.74) is 1.02. The Balaban J connectivity index is 3.04. The molecule has 2 N–H and O–H groups in total. The minimum atomic E-state index is -0.125. The lowest BCUT2D eigenvalue weighted by molar-refractivity contribution is 0.0962.